The van der Waals surface area contributed by atoms with E-state index in [0.29, 0.717) is 5.92 Å². The van der Waals surface area contributed by atoms with Crippen molar-refractivity contribution in [2.45, 2.75) is 53.9 Å². The Balaban J connectivity index is 1.99. The van der Waals surface area contributed by atoms with E-state index in [1.807, 2.05) is 24.7 Å². The molecule has 0 N–H and O–H groups in total. The zero-order valence-corrected chi connectivity index (χ0v) is 20.3. The maximum Gasteiger partial charge on any atom is 0.144 e. The molecule has 0 fully saturated rings. The number of pyridine rings is 1. The van der Waals surface area contributed by atoms with Gasteiger partial charge in [0.15, 0.2) is 0 Å². The molecule has 0 aliphatic heterocycles. The Morgan fingerprint density at radius 3 is 2.22 bits per heavy atom. The van der Waals surface area contributed by atoms with Crippen LogP contribution in [0, 0.1) is 26.7 Å². The molecule has 4 rings (SSSR count). The van der Waals surface area contributed by atoms with Crippen LogP contribution in [0.15, 0.2) is 67.3 Å². The minimum absolute atomic E-state index is 0.00303. The summed E-state index contributed by atoms with van der Waals surface area (Å²) in [6.45, 7) is 15.8. The Bertz CT molecular complexity index is 1220. The molecule has 0 saturated carbocycles. The second-order valence-electron chi connectivity index (χ2n) is 9.75. The van der Waals surface area contributed by atoms with Crippen LogP contribution in [0.4, 0.5) is 0 Å². The highest BCUT2D eigenvalue weighted by Gasteiger charge is 2.29. The Hall–Kier alpha value is -3.20. The van der Waals surface area contributed by atoms with Crippen LogP contribution in [0.2, 0.25) is 0 Å². The minimum atomic E-state index is -0.00303. The molecule has 0 amide bonds. The Morgan fingerprint density at radius 2 is 1.59 bits per heavy atom. The first-order chi connectivity index (χ1) is 15.2. The summed E-state index contributed by atoms with van der Waals surface area (Å²) in [5, 5.41) is 0. The van der Waals surface area contributed by atoms with Crippen LogP contribution in [-0.2, 0) is 5.41 Å². The normalized spacial score (nSPS) is 11.9. The van der Waals surface area contributed by atoms with Crippen molar-refractivity contribution in [3.05, 3.63) is 89.5 Å². The number of hydrogen-bond acceptors (Lipinski definition) is 2. The molecule has 4 aromatic rings. The van der Waals surface area contributed by atoms with Crippen molar-refractivity contribution in [2.24, 2.45) is 5.92 Å². The lowest BCUT2D eigenvalue weighted by Crippen LogP contribution is -2.25. The van der Waals surface area contributed by atoms with E-state index in [1.165, 1.54) is 33.5 Å². The Kier molecular flexibility index (Phi) is 5.77. The van der Waals surface area contributed by atoms with E-state index in [2.05, 4.69) is 101 Å². The molecule has 0 bridgehead atoms. The number of hydrogen-bond donors (Lipinski definition) is 0. The van der Waals surface area contributed by atoms with Gasteiger partial charge in [-0.2, -0.15) is 0 Å². The highest BCUT2D eigenvalue weighted by molar-refractivity contribution is 5.74. The molecular weight excluding hydrogens is 390 g/mol. The van der Waals surface area contributed by atoms with Crippen molar-refractivity contribution in [1.82, 2.24) is 14.5 Å². The second kappa shape index (κ2) is 8.38. The van der Waals surface area contributed by atoms with Gasteiger partial charge in [0.2, 0.25) is 0 Å². The van der Waals surface area contributed by atoms with Gasteiger partial charge in [-0.25, -0.2) is 4.98 Å². The third-order valence-corrected chi connectivity index (χ3v) is 6.91. The fourth-order valence-electron chi connectivity index (χ4n) is 4.55. The van der Waals surface area contributed by atoms with E-state index in [1.54, 1.807) is 0 Å². The van der Waals surface area contributed by atoms with E-state index in [-0.39, 0.29) is 5.41 Å². The Labute approximate surface area is 192 Å². The molecule has 0 radical (unpaired) electrons. The predicted octanol–water partition coefficient (Wildman–Crippen LogP) is 7.46. The van der Waals surface area contributed by atoms with Gasteiger partial charge in [-0.05, 0) is 66.5 Å². The van der Waals surface area contributed by atoms with Crippen molar-refractivity contribution >= 4 is 0 Å². The molecule has 2 aromatic heterocycles. The molecule has 2 heterocycles. The van der Waals surface area contributed by atoms with Gasteiger partial charge in [0.05, 0.1) is 5.69 Å². The standard InChI is InChI=1S/C29H33N3/c1-19(2)29(6,7)26-11-10-23(24-9-8-12-30-18-24)17-25(26)28-31-13-14-32(28)27-21(4)15-20(3)16-22(27)5/h8-19H,1-7H3. The van der Waals surface area contributed by atoms with Gasteiger partial charge in [0.25, 0.3) is 0 Å². The maximum absolute atomic E-state index is 4.88. The van der Waals surface area contributed by atoms with Gasteiger partial charge in [-0.1, -0.05) is 63.6 Å². The van der Waals surface area contributed by atoms with Crippen LogP contribution in [0.1, 0.15) is 49.9 Å². The number of nitrogens with zero attached hydrogens (tertiary/aromatic N) is 3. The van der Waals surface area contributed by atoms with Gasteiger partial charge < -0.3 is 0 Å². The molecule has 3 heteroatoms. The van der Waals surface area contributed by atoms with Gasteiger partial charge in [-0.3, -0.25) is 9.55 Å². The summed E-state index contributed by atoms with van der Waals surface area (Å²) in [7, 11) is 0. The molecule has 0 aliphatic carbocycles. The summed E-state index contributed by atoms with van der Waals surface area (Å²) in [4.78, 5) is 9.21. The van der Waals surface area contributed by atoms with Crippen LogP contribution < -0.4 is 0 Å². The van der Waals surface area contributed by atoms with Crippen LogP contribution >= 0.6 is 0 Å². The number of benzene rings is 2. The molecular formula is C29H33N3. The van der Waals surface area contributed by atoms with Gasteiger partial charge in [0.1, 0.15) is 5.82 Å². The van der Waals surface area contributed by atoms with Gasteiger partial charge >= 0.3 is 0 Å². The summed E-state index contributed by atoms with van der Waals surface area (Å²) in [5.41, 5.74) is 9.77. The van der Waals surface area contributed by atoms with Crippen LogP contribution in [0.3, 0.4) is 0 Å². The minimum Gasteiger partial charge on any atom is -0.299 e. The van der Waals surface area contributed by atoms with Gasteiger partial charge in [0, 0.05) is 35.9 Å². The number of aromatic nitrogens is 3. The summed E-state index contributed by atoms with van der Waals surface area (Å²) < 4.78 is 2.26. The zero-order chi connectivity index (χ0) is 23.0. The topological polar surface area (TPSA) is 30.7 Å². The molecule has 0 unspecified atom stereocenters. The number of aryl methyl sites for hydroxylation is 3. The molecule has 2 aromatic carbocycles. The molecule has 32 heavy (non-hydrogen) atoms. The van der Waals surface area contributed by atoms with E-state index in [9.17, 15) is 0 Å². The molecule has 0 spiro atoms. The quantitative estimate of drug-likeness (QED) is 0.333. The smallest absolute Gasteiger partial charge is 0.144 e. The van der Waals surface area contributed by atoms with Crippen molar-refractivity contribution in [1.29, 1.82) is 0 Å². The third-order valence-electron chi connectivity index (χ3n) is 6.91. The first-order valence-electron chi connectivity index (χ1n) is 11.4. The monoisotopic (exact) mass is 423 g/mol. The fourth-order valence-corrected chi connectivity index (χ4v) is 4.55. The number of rotatable bonds is 5. The molecule has 3 nitrogen and oxygen atoms in total. The lowest BCUT2D eigenvalue weighted by Gasteiger charge is -2.32. The largest absolute Gasteiger partial charge is 0.299 e. The highest BCUT2D eigenvalue weighted by atomic mass is 15.1. The average molecular weight is 424 g/mol. The zero-order valence-electron chi connectivity index (χ0n) is 20.3. The lowest BCUT2D eigenvalue weighted by atomic mass is 9.73. The predicted molar refractivity (Wildman–Crippen MR) is 134 cm³/mol. The van der Waals surface area contributed by atoms with Crippen molar-refractivity contribution in [3.63, 3.8) is 0 Å². The van der Waals surface area contributed by atoms with E-state index in [4.69, 9.17) is 4.98 Å². The summed E-state index contributed by atoms with van der Waals surface area (Å²) in [6, 6.07) is 15.4. The third kappa shape index (κ3) is 3.88. The van der Waals surface area contributed by atoms with Crippen molar-refractivity contribution in [2.75, 3.05) is 0 Å². The first kappa shape index (κ1) is 22.0. The van der Waals surface area contributed by atoms with Gasteiger partial charge in [-0.15, -0.1) is 0 Å². The van der Waals surface area contributed by atoms with E-state index in [0.717, 1.165) is 17.0 Å². The first-order valence-corrected chi connectivity index (χ1v) is 11.4. The van der Waals surface area contributed by atoms with Crippen LogP contribution in [-0.4, -0.2) is 14.5 Å². The summed E-state index contributed by atoms with van der Waals surface area (Å²) in [5.74, 6) is 1.46. The lowest BCUT2D eigenvalue weighted by molar-refractivity contribution is 0.373. The fraction of sp³-hybridized carbons (Fsp3) is 0.310. The number of imidazole rings is 1. The molecule has 164 valence electrons. The molecule has 0 saturated heterocycles. The van der Waals surface area contributed by atoms with Crippen molar-refractivity contribution < 1.29 is 0 Å². The van der Waals surface area contributed by atoms with Crippen LogP contribution in [0.5, 0.6) is 0 Å². The highest BCUT2D eigenvalue weighted by Crippen LogP contribution is 2.40. The van der Waals surface area contributed by atoms with Crippen molar-refractivity contribution in [3.8, 4) is 28.2 Å². The van der Waals surface area contributed by atoms with E-state index < -0.39 is 0 Å². The average Bonchev–Trinajstić information content (AvgIpc) is 3.22. The van der Waals surface area contributed by atoms with E-state index >= 15 is 0 Å². The SMILES string of the molecule is Cc1cc(C)c(-n2ccnc2-c2cc(-c3cccnc3)ccc2C(C)(C)C(C)C)c(C)c1. The second-order valence-corrected chi connectivity index (χ2v) is 9.75. The Morgan fingerprint density at radius 1 is 0.875 bits per heavy atom. The molecule has 0 atom stereocenters. The maximum atomic E-state index is 4.88. The summed E-state index contributed by atoms with van der Waals surface area (Å²) in [6.07, 6.45) is 7.74. The van der Waals surface area contributed by atoms with Crippen LogP contribution in [0.25, 0.3) is 28.2 Å². The molecule has 0 aliphatic rings. The summed E-state index contributed by atoms with van der Waals surface area (Å²) >= 11 is 0.